The predicted molar refractivity (Wildman–Crippen MR) is 43.9 cm³/mol. The summed E-state index contributed by atoms with van der Waals surface area (Å²) in [6, 6.07) is 3.45. The maximum atomic E-state index is 12.9. The minimum atomic E-state index is -0.968. The Morgan fingerprint density at radius 2 is 2.23 bits per heavy atom. The van der Waals surface area contributed by atoms with E-state index in [1.807, 2.05) is 0 Å². The molecule has 1 aromatic carbocycles. The molecule has 0 spiro atoms. The topological polar surface area (TPSA) is 46.5 Å². The fourth-order valence-corrected chi connectivity index (χ4v) is 0.923. The van der Waals surface area contributed by atoms with Crippen LogP contribution < -0.4 is 0 Å². The van der Waals surface area contributed by atoms with Gasteiger partial charge in [-0.1, -0.05) is 11.6 Å². The zero-order chi connectivity index (χ0) is 9.84. The Morgan fingerprint density at radius 1 is 1.54 bits per heavy atom. The van der Waals surface area contributed by atoms with Crippen molar-refractivity contribution in [2.75, 3.05) is 0 Å². The molecule has 0 aliphatic heterocycles. The highest BCUT2D eigenvalue weighted by Crippen LogP contribution is 2.14. The lowest BCUT2D eigenvalue weighted by Crippen LogP contribution is -1.98. The van der Waals surface area contributed by atoms with E-state index in [2.05, 4.69) is 4.99 Å². The molecule has 0 N–H and O–H groups in total. The molecule has 0 atom stereocenters. The Hall–Kier alpha value is -1.51. The molecule has 13 heavy (non-hydrogen) atoms. The van der Waals surface area contributed by atoms with Crippen LogP contribution in [0.15, 0.2) is 23.2 Å². The van der Waals surface area contributed by atoms with E-state index in [0.29, 0.717) is 0 Å². The van der Waals surface area contributed by atoms with Crippen LogP contribution in [0.3, 0.4) is 0 Å². The van der Waals surface area contributed by atoms with Gasteiger partial charge in [-0.25, -0.2) is 9.18 Å². The Labute approximate surface area is 77.8 Å². The molecule has 3 nitrogen and oxygen atoms in total. The first-order valence-electron chi connectivity index (χ1n) is 3.22. The number of nitrogens with zero attached hydrogens (tertiary/aromatic N) is 1. The number of halogens is 2. The van der Waals surface area contributed by atoms with E-state index in [9.17, 15) is 14.0 Å². The van der Waals surface area contributed by atoms with Crippen molar-refractivity contribution < 1.29 is 14.0 Å². The van der Waals surface area contributed by atoms with Crippen LogP contribution in [0.25, 0.3) is 0 Å². The van der Waals surface area contributed by atoms with Crippen molar-refractivity contribution in [1.29, 1.82) is 0 Å². The summed E-state index contributed by atoms with van der Waals surface area (Å²) in [4.78, 5) is 23.3. The third kappa shape index (κ3) is 2.21. The van der Waals surface area contributed by atoms with Crippen molar-refractivity contribution in [1.82, 2.24) is 0 Å². The van der Waals surface area contributed by atoms with Gasteiger partial charge >= 0.3 is 0 Å². The molecule has 66 valence electrons. The van der Waals surface area contributed by atoms with E-state index in [0.717, 1.165) is 18.2 Å². The number of hydrogen-bond acceptors (Lipinski definition) is 2. The van der Waals surface area contributed by atoms with E-state index in [4.69, 9.17) is 11.6 Å². The highest BCUT2D eigenvalue weighted by atomic mass is 35.5. The number of benzene rings is 1. The first-order valence-corrected chi connectivity index (χ1v) is 3.60. The van der Waals surface area contributed by atoms with E-state index in [1.54, 1.807) is 0 Å². The number of isocyanates is 1. The van der Waals surface area contributed by atoms with Gasteiger partial charge in [-0.15, -0.1) is 4.99 Å². The van der Waals surface area contributed by atoms with Crippen molar-refractivity contribution in [3.05, 3.63) is 34.6 Å². The molecule has 1 amide bonds. The van der Waals surface area contributed by atoms with E-state index < -0.39 is 11.7 Å². The fraction of sp³-hybridized carbons (Fsp3) is 0. The van der Waals surface area contributed by atoms with Crippen molar-refractivity contribution in [2.24, 2.45) is 4.99 Å². The molecule has 0 unspecified atom stereocenters. The maximum absolute atomic E-state index is 12.9. The zero-order valence-corrected chi connectivity index (χ0v) is 7.01. The lowest BCUT2D eigenvalue weighted by Gasteiger charge is -1.96. The summed E-state index contributed by atoms with van der Waals surface area (Å²) < 4.78 is 12.9. The van der Waals surface area contributed by atoms with Crippen LogP contribution in [0.1, 0.15) is 10.4 Å². The second-order valence-electron chi connectivity index (χ2n) is 2.13. The minimum absolute atomic E-state index is 0.170. The first kappa shape index (κ1) is 9.58. The molecular formula is C8H3ClFNO2. The van der Waals surface area contributed by atoms with Gasteiger partial charge in [-0.3, -0.25) is 4.79 Å². The Kier molecular flexibility index (Phi) is 2.90. The number of carbonyl (C=O) groups is 1. The number of aliphatic imine (C=N–C) groups is 1. The molecule has 0 saturated heterocycles. The van der Waals surface area contributed by atoms with E-state index in [-0.39, 0.29) is 10.6 Å². The number of hydrogen-bond donors (Lipinski definition) is 0. The van der Waals surface area contributed by atoms with Crippen LogP contribution in [-0.2, 0) is 4.79 Å². The third-order valence-electron chi connectivity index (χ3n) is 1.31. The molecular weight excluding hydrogens is 197 g/mol. The van der Waals surface area contributed by atoms with Crippen LogP contribution in [0.2, 0.25) is 5.02 Å². The van der Waals surface area contributed by atoms with Crippen LogP contribution in [0, 0.1) is 5.82 Å². The number of amides is 1. The third-order valence-corrected chi connectivity index (χ3v) is 1.54. The van der Waals surface area contributed by atoms with Crippen molar-refractivity contribution in [2.45, 2.75) is 0 Å². The average Bonchev–Trinajstić information content (AvgIpc) is 2.04. The van der Waals surface area contributed by atoms with Gasteiger partial charge in [0.25, 0.3) is 5.91 Å². The summed E-state index contributed by atoms with van der Waals surface area (Å²) in [6.07, 6.45) is 1.03. The summed E-state index contributed by atoms with van der Waals surface area (Å²) in [5, 5.41) is 0.170. The quantitative estimate of drug-likeness (QED) is 0.513. The highest BCUT2D eigenvalue weighted by Gasteiger charge is 2.10. The zero-order valence-electron chi connectivity index (χ0n) is 6.25. The highest BCUT2D eigenvalue weighted by molar-refractivity contribution is 6.30. The fourth-order valence-electron chi connectivity index (χ4n) is 0.765. The first-order chi connectivity index (χ1) is 6.15. The largest absolute Gasteiger partial charge is 0.290 e. The van der Waals surface area contributed by atoms with Gasteiger partial charge in [0, 0.05) is 5.02 Å². The van der Waals surface area contributed by atoms with Crippen LogP contribution in [-0.4, -0.2) is 12.0 Å². The molecule has 5 heteroatoms. The van der Waals surface area contributed by atoms with Crippen molar-refractivity contribution in [3.8, 4) is 0 Å². The molecule has 0 heterocycles. The van der Waals surface area contributed by atoms with Gasteiger partial charge in [0.2, 0.25) is 6.08 Å². The van der Waals surface area contributed by atoms with Gasteiger partial charge in [0.05, 0.1) is 5.56 Å². The SMILES string of the molecule is O=C=NC(=O)c1ccc(Cl)cc1F. The summed E-state index contributed by atoms with van der Waals surface area (Å²) >= 11 is 5.44. The van der Waals surface area contributed by atoms with Gasteiger partial charge in [0.1, 0.15) is 5.82 Å². The maximum Gasteiger partial charge on any atom is 0.290 e. The normalized spacial score (nSPS) is 9.08. The predicted octanol–water partition coefficient (Wildman–Crippen LogP) is 1.96. The Morgan fingerprint density at radius 3 is 2.77 bits per heavy atom. The van der Waals surface area contributed by atoms with E-state index >= 15 is 0 Å². The van der Waals surface area contributed by atoms with Gasteiger partial charge < -0.3 is 0 Å². The smallest absolute Gasteiger partial charge is 0.266 e. The molecule has 0 aliphatic carbocycles. The van der Waals surface area contributed by atoms with Crippen molar-refractivity contribution >= 4 is 23.6 Å². The summed E-state index contributed by atoms with van der Waals surface area (Å²) in [5.41, 5.74) is -0.298. The molecule has 0 saturated carbocycles. The second-order valence-corrected chi connectivity index (χ2v) is 2.57. The summed E-state index contributed by atoms with van der Waals surface area (Å²) in [7, 11) is 0. The molecule has 0 radical (unpaired) electrons. The van der Waals surface area contributed by atoms with Crippen LogP contribution in [0.4, 0.5) is 4.39 Å². The lowest BCUT2D eigenvalue weighted by molar-refractivity contribution is 0.0999. The standard InChI is InChI=1S/C8H3ClFNO2/c9-5-1-2-6(7(10)3-5)8(13)11-4-12/h1-3H. The molecule has 0 aliphatic rings. The summed E-state index contributed by atoms with van der Waals surface area (Å²) in [6.45, 7) is 0. The van der Waals surface area contributed by atoms with Gasteiger partial charge in [-0.05, 0) is 18.2 Å². The summed E-state index contributed by atoms with van der Waals surface area (Å²) in [5.74, 6) is -1.78. The van der Waals surface area contributed by atoms with Crippen LogP contribution >= 0.6 is 11.6 Å². The molecule has 0 aromatic heterocycles. The van der Waals surface area contributed by atoms with Gasteiger partial charge in [0.15, 0.2) is 0 Å². The molecule has 1 aromatic rings. The molecule has 1 rings (SSSR count). The number of rotatable bonds is 1. The average molecular weight is 200 g/mol. The second kappa shape index (κ2) is 3.94. The van der Waals surface area contributed by atoms with Crippen molar-refractivity contribution in [3.63, 3.8) is 0 Å². The molecule has 0 fully saturated rings. The lowest BCUT2D eigenvalue weighted by atomic mass is 10.2. The van der Waals surface area contributed by atoms with Crippen LogP contribution in [0.5, 0.6) is 0 Å². The Balaban J connectivity index is 3.16. The minimum Gasteiger partial charge on any atom is -0.266 e. The van der Waals surface area contributed by atoms with E-state index in [1.165, 1.54) is 6.07 Å². The van der Waals surface area contributed by atoms with Gasteiger partial charge in [-0.2, -0.15) is 0 Å². The monoisotopic (exact) mass is 199 g/mol. The molecule has 0 bridgehead atoms. The Bertz CT molecular complexity index is 399. The number of carbonyl (C=O) groups excluding carboxylic acids is 2.